The van der Waals surface area contributed by atoms with Gasteiger partial charge in [0.1, 0.15) is 11.2 Å². The maximum absolute atomic E-state index is 13.4. The first-order valence-electron chi connectivity index (χ1n) is 6.89. The van der Waals surface area contributed by atoms with Gasteiger partial charge >= 0.3 is 0 Å². The van der Waals surface area contributed by atoms with E-state index in [0.717, 1.165) is 0 Å². The molecule has 0 unspecified atom stereocenters. The van der Waals surface area contributed by atoms with Crippen molar-refractivity contribution in [1.29, 1.82) is 5.26 Å². The minimum Gasteiger partial charge on any atom is -0.380 e. The van der Waals surface area contributed by atoms with E-state index in [1.54, 1.807) is 19.9 Å². The molecule has 21 heavy (non-hydrogen) atoms. The average molecular weight is 311 g/mol. The molecule has 0 N–H and O–H groups in total. The predicted octanol–water partition coefficient (Wildman–Crippen LogP) is 2.27. The van der Waals surface area contributed by atoms with Gasteiger partial charge in [-0.25, -0.2) is 12.8 Å². The Labute approximate surface area is 124 Å². The Balaban J connectivity index is 2.44. The maximum atomic E-state index is 13.4. The third-order valence-electron chi connectivity index (χ3n) is 4.01. The molecule has 0 spiro atoms. The monoisotopic (exact) mass is 311 g/mol. The van der Waals surface area contributed by atoms with Crippen LogP contribution in [0.15, 0.2) is 24.3 Å². The quantitative estimate of drug-likeness (QED) is 0.808. The van der Waals surface area contributed by atoms with Gasteiger partial charge in [-0.2, -0.15) is 5.26 Å². The fraction of sp³-hybridized carbons (Fsp3) is 0.533. The third kappa shape index (κ3) is 2.68. The van der Waals surface area contributed by atoms with Crippen LogP contribution < -0.4 is 0 Å². The zero-order valence-corrected chi connectivity index (χ0v) is 12.9. The summed E-state index contributed by atoms with van der Waals surface area (Å²) in [7, 11) is -3.41. The van der Waals surface area contributed by atoms with Crippen LogP contribution in [-0.2, 0) is 14.6 Å². The smallest absolute Gasteiger partial charge is 0.155 e. The van der Waals surface area contributed by atoms with E-state index in [4.69, 9.17) is 4.74 Å². The second kappa shape index (κ2) is 5.74. The molecule has 1 aromatic carbocycles. The molecule has 4 nitrogen and oxygen atoms in total. The number of sulfone groups is 1. The molecular formula is C15H18FNO3S. The summed E-state index contributed by atoms with van der Waals surface area (Å²) in [5.41, 5.74) is -0.572. The minimum absolute atomic E-state index is 0.0426. The topological polar surface area (TPSA) is 67.2 Å². The lowest BCUT2D eigenvalue weighted by Gasteiger charge is -2.09. The molecule has 1 aliphatic rings. The lowest BCUT2D eigenvalue weighted by molar-refractivity contribution is 0.117. The molecule has 0 aliphatic heterocycles. The average Bonchev–Trinajstić information content (AvgIpc) is 3.15. The summed E-state index contributed by atoms with van der Waals surface area (Å²) in [6.45, 7) is 3.79. The van der Waals surface area contributed by atoms with E-state index in [9.17, 15) is 18.1 Å². The van der Waals surface area contributed by atoms with E-state index in [1.165, 1.54) is 18.2 Å². The fourth-order valence-electron chi connectivity index (χ4n) is 2.89. The Morgan fingerprint density at radius 1 is 1.43 bits per heavy atom. The van der Waals surface area contributed by atoms with Crippen molar-refractivity contribution in [2.24, 2.45) is 5.41 Å². The highest BCUT2D eigenvalue weighted by Crippen LogP contribution is 2.63. The van der Waals surface area contributed by atoms with Gasteiger partial charge in [-0.3, -0.25) is 0 Å². The van der Waals surface area contributed by atoms with Crippen molar-refractivity contribution >= 4 is 9.84 Å². The zero-order chi connectivity index (χ0) is 15.7. The van der Waals surface area contributed by atoms with Crippen molar-refractivity contribution in [2.45, 2.75) is 25.0 Å². The lowest BCUT2D eigenvalue weighted by Crippen LogP contribution is -2.20. The first kappa shape index (κ1) is 15.9. The van der Waals surface area contributed by atoms with Gasteiger partial charge in [0.2, 0.25) is 0 Å². The molecule has 1 aromatic rings. The van der Waals surface area contributed by atoms with Gasteiger partial charge in [0, 0.05) is 18.3 Å². The summed E-state index contributed by atoms with van der Waals surface area (Å²) in [5, 5.41) is 8.70. The zero-order valence-electron chi connectivity index (χ0n) is 12.0. The van der Waals surface area contributed by atoms with Crippen molar-refractivity contribution in [3.8, 4) is 6.07 Å². The Morgan fingerprint density at radius 2 is 2.14 bits per heavy atom. The van der Waals surface area contributed by atoms with Gasteiger partial charge in [-0.05, 0) is 24.6 Å². The third-order valence-corrected chi connectivity index (χ3v) is 6.28. The summed E-state index contributed by atoms with van der Waals surface area (Å²) in [6, 6.07) is 7.91. The van der Waals surface area contributed by atoms with Crippen LogP contribution in [0.1, 0.15) is 25.3 Å². The highest BCUT2D eigenvalue weighted by atomic mass is 32.2. The molecule has 1 fully saturated rings. The van der Waals surface area contributed by atoms with Crippen LogP contribution in [0.4, 0.5) is 4.39 Å². The number of ether oxygens (including phenoxy) is 1. The van der Waals surface area contributed by atoms with Crippen LogP contribution in [0.3, 0.4) is 0 Å². The maximum Gasteiger partial charge on any atom is 0.155 e. The number of hydrogen-bond donors (Lipinski definition) is 0. The molecule has 6 heteroatoms. The van der Waals surface area contributed by atoms with Gasteiger partial charge in [0.05, 0.1) is 17.9 Å². The largest absolute Gasteiger partial charge is 0.380 e. The van der Waals surface area contributed by atoms with Crippen molar-refractivity contribution in [1.82, 2.24) is 0 Å². The van der Waals surface area contributed by atoms with Crippen molar-refractivity contribution in [3.05, 3.63) is 35.6 Å². The number of rotatable bonds is 6. The SMILES string of the molecule is CCOC[C@@]1(C#N)[C@H](S(=O)(=O)CC)[C@@H]1c1cccc(F)c1. The molecule has 0 heterocycles. The Bertz CT molecular complexity index is 668. The molecule has 0 bridgehead atoms. The van der Waals surface area contributed by atoms with Crippen LogP contribution in [0, 0.1) is 22.6 Å². The first-order valence-corrected chi connectivity index (χ1v) is 8.60. The number of nitrogens with zero attached hydrogens (tertiary/aromatic N) is 1. The minimum atomic E-state index is -3.41. The Morgan fingerprint density at radius 3 is 2.67 bits per heavy atom. The molecule has 1 saturated carbocycles. The summed E-state index contributed by atoms with van der Waals surface area (Å²) in [6.07, 6.45) is 0. The standard InChI is InChI=1S/C15H18FNO3S/c1-3-20-10-15(9-17)13(14(15)21(18,19)4-2)11-6-5-7-12(16)8-11/h5-8,13-14H,3-4,10H2,1-2H3/t13-,14+,15+/m0/s1. The molecule has 0 amide bonds. The lowest BCUT2D eigenvalue weighted by atomic mass is 10.0. The van der Waals surface area contributed by atoms with Crippen LogP contribution in [0.2, 0.25) is 0 Å². The van der Waals surface area contributed by atoms with Gasteiger partial charge < -0.3 is 4.74 Å². The summed E-state index contributed by atoms with van der Waals surface area (Å²) in [5.74, 6) is -1.01. The van der Waals surface area contributed by atoms with Gasteiger partial charge in [-0.15, -0.1) is 0 Å². The van der Waals surface area contributed by atoms with Gasteiger partial charge in [-0.1, -0.05) is 19.1 Å². The molecule has 114 valence electrons. The van der Waals surface area contributed by atoms with Gasteiger partial charge in [0.25, 0.3) is 0 Å². The molecule has 0 aromatic heterocycles. The molecule has 0 radical (unpaired) electrons. The molecular weight excluding hydrogens is 293 g/mol. The molecule has 3 atom stereocenters. The number of hydrogen-bond acceptors (Lipinski definition) is 4. The van der Waals surface area contributed by atoms with E-state index in [1.807, 2.05) is 0 Å². The van der Waals surface area contributed by atoms with E-state index >= 15 is 0 Å². The normalized spacial score (nSPS) is 28.1. The van der Waals surface area contributed by atoms with Crippen LogP contribution in [-0.4, -0.2) is 32.6 Å². The van der Waals surface area contributed by atoms with Crippen molar-refractivity contribution < 1.29 is 17.5 Å². The molecule has 0 saturated heterocycles. The number of benzene rings is 1. The predicted molar refractivity (Wildman–Crippen MR) is 76.9 cm³/mol. The highest BCUT2D eigenvalue weighted by molar-refractivity contribution is 7.92. The molecule has 2 rings (SSSR count). The first-order chi connectivity index (χ1) is 9.93. The van der Waals surface area contributed by atoms with E-state index in [2.05, 4.69) is 6.07 Å². The Hall–Kier alpha value is -1.45. The second-order valence-electron chi connectivity index (χ2n) is 5.19. The van der Waals surface area contributed by atoms with Crippen molar-refractivity contribution in [3.63, 3.8) is 0 Å². The highest BCUT2D eigenvalue weighted by Gasteiger charge is 2.71. The number of halogens is 1. The van der Waals surface area contributed by atoms with Gasteiger partial charge in [0.15, 0.2) is 9.84 Å². The van der Waals surface area contributed by atoms with Crippen LogP contribution in [0.25, 0.3) is 0 Å². The van der Waals surface area contributed by atoms with Crippen molar-refractivity contribution in [2.75, 3.05) is 19.0 Å². The van der Waals surface area contributed by atoms with Crippen LogP contribution >= 0.6 is 0 Å². The fourth-order valence-corrected chi connectivity index (χ4v) is 4.90. The number of nitriles is 1. The second-order valence-corrected chi connectivity index (χ2v) is 7.61. The van der Waals surface area contributed by atoms with E-state index in [-0.39, 0.29) is 12.4 Å². The van der Waals surface area contributed by atoms with Crippen LogP contribution in [0.5, 0.6) is 0 Å². The molecule has 1 aliphatic carbocycles. The van der Waals surface area contributed by atoms with E-state index in [0.29, 0.717) is 12.2 Å². The summed E-state index contributed by atoms with van der Waals surface area (Å²) < 4.78 is 43.3. The Kier molecular flexibility index (Phi) is 4.35. The van der Waals surface area contributed by atoms with E-state index < -0.39 is 32.2 Å². The summed E-state index contributed by atoms with van der Waals surface area (Å²) >= 11 is 0. The summed E-state index contributed by atoms with van der Waals surface area (Å²) in [4.78, 5) is 0.